The lowest BCUT2D eigenvalue weighted by Gasteiger charge is -2.12. The molecular formula is C23H21N3O3S. The van der Waals surface area contributed by atoms with Crippen molar-refractivity contribution in [2.45, 2.75) is 20.4 Å². The van der Waals surface area contributed by atoms with Gasteiger partial charge < -0.3 is 9.88 Å². The molecule has 1 fully saturated rings. The molecule has 6 nitrogen and oxygen atoms in total. The summed E-state index contributed by atoms with van der Waals surface area (Å²) in [6, 6.07) is 15.3. The molecule has 2 aromatic carbocycles. The zero-order valence-corrected chi connectivity index (χ0v) is 17.5. The van der Waals surface area contributed by atoms with Gasteiger partial charge in [0.05, 0.1) is 4.91 Å². The lowest BCUT2D eigenvalue weighted by molar-refractivity contribution is -0.127. The van der Waals surface area contributed by atoms with E-state index in [0.717, 1.165) is 45.2 Å². The second kappa shape index (κ2) is 8.20. The van der Waals surface area contributed by atoms with Crippen LogP contribution in [-0.2, 0) is 16.1 Å². The Balaban J connectivity index is 1.54. The molecule has 0 atom stereocenters. The Labute approximate surface area is 178 Å². The van der Waals surface area contributed by atoms with E-state index in [2.05, 4.69) is 16.8 Å². The minimum atomic E-state index is -0.447. The standard InChI is InChI=1S/C23H21N3O3S/c1-3-25-13-16(18-9-4-5-10-19(18)25)12-20-22(28)26(23(29)30-20)14-21(27)24-17-8-6-7-15(2)11-17/h4-13H,3,14H2,1-2H3,(H,24,27)/b20-12+. The summed E-state index contributed by atoms with van der Waals surface area (Å²) in [7, 11) is 0. The molecule has 1 aromatic heterocycles. The number of carbonyl (C=O) groups is 3. The minimum absolute atomic E-state index is 0.313. The molecule has 30 heavy (non-hydrogen) atoms. The largest absolute Gasteiger partial charge is 0.347 e. The number of aryl methyl sites for hydroxylation is 2. The van der Waals surface area contributed by atoms with E-state index in [1.165, 1.54) is 0 Å². The molecule has 2 heterocycles. The molecule has 3 amide bonds. The van der Waals surface area contributed by atoms with Crippen LogP contribution in [0.1, 0.15) is 18.1 Å². The lowest BCUT2D eigenvalue weighted by Crippen LogP contribution is -2.36. The summed E-state index contributed by atoms with van der Waals surface area (Å²) in [6.45, 7) is 4.46. The number of hydrogen-bond acceptors (Lipinski definition) is 4. The van der Waals surface area contributed by atoms with Crippen molar-refractivity contribution in [3.8, 4) is 0 Å². The fourth-order valence-corrected chi connectivity index (χ4v) is 4.33. The van der Waals surface area contributed by atoms with E-state index in [0.29, 0.717) is 10.6 Å². The first-order chi connectivity index (χ1) is 14.5. The summed E-state index contributed by atoms with van der Waals surface area (Å²) in [5.41, 5.74) is 3.59. The molecule has 1 aliphatic heterocycles. The van der Waals surface area contributed by atoms with E-state index < -0.39 is 17.1 Å². The fraction of sp³-hybridized carbons (Fsp3) is 0.174. The second-order valence-electron chi connectivity index (χ2n) is 7.07. The number of para-hydroxylation sites is 1. The number of nitrogens with zero attached hydrogens (tertiary/aromatic N) is 2. The van der Waals surface area contributed by atoms with Gasteiger partial charge in [-0.2, -0.15) is 0 Å². The molecule has 0 saturated carbocycles. The molecule has 1 N–H and O–H groups in total. The summed E-state index contributed by atoms with van der Waals surface area (Å²) < 4.78 is 2.10. The number of carbonyl (C=O) groups excluding carboxylic acids is 3. The molecule has 7 heteroatoms. The predicted molar refractivity (Wildman–Crippen MR) is 120 cm³/mol. The van der Waals surface area contributed by atoms with Gasteiger partial charge in [0, 0.05) is 34.9 Å². The van der Waals surface area contributed by atoms with Crippen LogP contribution >= 0.6 is 11.8 Å². The second-order valence-corrected chi connectivity index (χ2v) is 8.07. The van der Waals surface area contributed by atoms with Crippen molar-refractivity contribution >= 4 is 51.5 Å². The van der Waals surface area contributed by atoms with Crippen molar-refractivity contribution in [2.24, 2.45) is 0 Å². The maximum absolute atomic E-state index is 12.8. The number of benzene rings is 2. The molecule has 1 aliphatic rings. The molecule has 3 aromatic rings. The van der Waals surface area contributed by atoms with E-state index in [4.69, 9.17) is 0 Å². The minimum Gasteiger partial charge on any atom is -0.347 e. The fourth-order valence-electron chi connectivity index (χ4n) is 3.50. The third kappa shape index (κ3) is 3.89. The van der Waals surface area contributed by atoms with Crippen LogP contribution in [-0.4, -0.2) is 33.1 Å². The van der Waals surface area contributed by atoms with Gasteiger partial charge in [-0.1, -0.05) is 30.3 Å². The molecule has 1 saturated heterocycles. The van der Waals surface area contributed by atoms with Gasteiger partial charge in [-0.15, -0.1) is 0 Å². The van der Waals surface area contributed by atoms with Gasteiger partial charge in [-0.25, -0.2) is 0 Å². The summed E-state index contributed by atoms with van der Waals surface area (Å²) in [5, 5.41) is 3.31. The van der Waals surface area contributed by atoms with Crippen LogP contribution < -0.4 is 5.32 Å². The maximum Gasteiger partial charge on any atom is 0.294 e. The first-order valence-corrected chi connectivity index (χ1v) is 10.5. The van der Waals surface area contributed by atoms with Gasteiger partial charge in [0.25, 0.3) is 11.1 Å². The highest BCUT2D eigenvalue weighted by Gasteiger charge is 2.36. The van der Waals surface area contributed by atoms with Crippen LogP contribution in [0.15, 0.2) is 59.6 Å². The van der Waals surface area contributed by atoms with E-state index in [9.17, 15) is 14.4 Å². The van der Waals surface area contributed by atoms with E-state index in [-0.39, 0.29) is 6.54 Å². The average molecular weight is 420 g/mol. The number of aromatic nitrogens is 1. The SMILES string of the molecule is CCn1cc(/C=C2/SC(=O)N(CC(=O)Nc3cccc(C)c3)C2=O)c2ccccc21. The molecule has 0 bridgehead atoms. The third-order valence-corrected chi connectivity index (χ3v) is 5.83. The van der Waals surface area contributed by atoms with Gasteiger partial charge in [0.1, 0.15) is 6.54 Å². The Morgan fingerprint density at radius 1 is 1.13 bits per heavy atom. The van der Waals surface area contributed by atoms with Crippen molar-refractivity contribution in [3.63, 3.8) is 0 Å². The number of hydrogen-bond donors (Lipinski definition) is 1. The van der Waals surface area contributed by atoms with Crippen LogP contribution in [0.4, 0.5) is 10.5 Å². The zero-order chi connectivity index (χ0) is 21.3. The molecule has 0 spiro atoms. The smallest absolute Gasteiger partial charge is 0.294 e. The number of imide groups is 1. The Bertz CT molecular complexity index is 1200. The van der Waals surface area contributed by atoms with Crippen LogP contribution in [0, 0.1) is 6.92 Å². The number of amides is 3. The number of anilines is 1. The van der Waals surface area contributed by atoms with Crippen molar-refractivity contribution in [1.82, 2.24) is 9.47 Å². The van der Waals surface area contributed by atoms with Crippen LogP contribution in [0.3, 0.4) is 0 Å². The topological polar surface area (TPSA) is 71.4 Å². The van der Waals surface area contributed by atoms with E-state index in [1.807, 2.05) is 55.6 Å². The maximum atomic E-state index is 12.8. The molecule has 152 valence electrons. The Kier molecular flexibility index (Phi) is 5.46. The quantitative estimate of drug-likeness (QED) is 0.612. The molecular weight excluding hydrogens is 398 g/mol. The summed E-state index contributed by atoms with van der Waals surface area (Å²) in [4.78, 5) is 38.9. The Morgan fingerprint density at radius 2 is 1.93 bits per heavy atom. The van der Waals surface area contributed by atoms with Gasteiger partial charge in [-0.05, 0) is 55.4 Å². The number of fused-ring (bicyclic) bond motifs is 1. The summed E-state index contributed by atoms with van der Waals surface area (Å²) in [6.07, 6.45) is 3.71. The number of thioether (sulfide) groups is 1. The lowest BCUT2D eigenvalue weighted by atomic mass is 10.1. The summed E-state index contributed by atoms with van der Waals surface area (Å²) >= 11 is 0.862. The van der Waals surface area contributed by atoms with Gasteiger partial charge in [-0.3, -0.25) is 19.3 Å². The normalized spacial score (nSPS) is 15.4. The number of rotatable bonds is 5. The van der Waals surface area contributed by atoms with Gasteiger partial charge in [0.2, 0.25) is 5.91 Å². The molecule has 4 rings (SSSR count). The Hall–Kier alpha value is -3.32. The predicted octanol–water partition coefficient (Wildman–Crippen LogP) is 4.64. The van der Waals surface area contributed by atoms with Crippen LogP contribution in [0.2, 0.25) is 0 Å². The average Bonchev–Trinajstić information content (AvgIpc) is 3.20. The Morgan fingerprint density at radius 3 is 2.70 bits per heavy atom. The monoisotopic (exact) mass is 419 g/mol. The van der Waals surface area contributed by atoms with E-state index >= 15 is 0 Å². The van der Waals surface area contributed by atoms with Crippen molar-refractivity contribution in [2.75, 3.05) is 11.9 Å². The highest BCUT2D eigenvalue weighted by atomic mass is 32.2. The van der Waals surface area contributed by atoms with Crippen molar-refractivity contribution in [3.05, 3.63) is 70.8 Å². The van der Waals surface area contributed by atoms with Crippen molar-refractivity contribution in [1.29, 1.82) is 0 Å². The van der Waals surface area contributed by atoms with Crippen LogP contribution in [0.5, 0.6) is 0 Å². The van der Waals surface area contributed by atoms with Crippen molar-refractivity contribution < 1.29 is 14.4 Å². The van der Waals surface area contributed by atoms with E-state index in [1.54, 1.807) is 12.1 Å². The van der Waals surface area contributed by atoms with Crippen LogP contribution in [0.25, 0.3) is 17.0 Å². The van der Waals surface area contributed by atoms with Gasteiger partial charge >= 0.3 is 0 Å². The van der Waals surface area contributed by atoms with Gasteiger partial charge in [0.15, 0.2) is 0 Å². The molecule has 0 radical (unpaired) electrons. The third-order valence-electron chi connectivity index (χ3n) is 4.92. The first kappa shape index (κ1) is 20.0. The molecule has 0 unspecified atom stereocenters. The highest BCUT2D eigenvalue weighted by Crippen LogP contribution is 2.34. The highest BCUT2D eigenvalue weighted by molar-refractivity contribution is 8.18. The summed E-state index contributed by atoms with van der Waals surface area (Å²) in [5.74, 6) is -0.857. The first-order valence-electron chi connectivity index (χ1n) is 9.66. The molecule has 0 aliphatic carbocycles. The zero-order valence-electron chi connectivity index (χ0n) is 16.7. The number of nitrogens with one attached hydrogen (secondary N) is 1.